The third-order valence-corrected chi connectivity index (χ3v) is 4.94. The van der Waals surface area contributed by atoms with Crippen LogP contribution in [0.15, 0.2) is 16.7 Å². The van der Waals surface area contributed by atoms with E-state index in [1.807, 2.05) is 0 Å². The van der Waals surface area contributed by atoms with E-state index in [1.165, 1.54) is 6.92 Å². The molecule has 0 fully saturated rings. The number of benzene rings is 1. The fraction of sp³-hybridized carbons (Fsp3) is 0.273. The number of nitrogen functional groups attached to an aromatic ring is 1. The van der Waals surface area contributed by atoms with Gasteiger partial charge < -0.3 is 10.3 Å². The van der Waals surface area contributed by atoms with Crippen LogP contribution in [0, 0.1) is 0 Å². The van der Waals surface area contributed by atoms with Gasteiger partial charge in [-0.3, -0.25) is 0 Å². The van der Waals surface area contributed by atoms with Gasteiger partial charge in [0.25, 0.3) is 5.89 Å². The van der Waals surface area contributed by atoms with E-state index in [2.05, 4.69) is 10.1 Å². The molecule has 20 heavy (non-hydrogen) atoms. The van der Waals surface area contributed by atoms with Gasteiger partial charge >= 0.3 is 0 Å². The second-order valence-electron chi connectivity index (χ2n) is 4.25. The highest BCUT2D eigenvalue weighted by Crippen LogP contribution is 2.37. The molecule has 2 rings (SSSR count). The van der Waals surface area contributed by atoms with Crippen molar-refractivity contribution in [1.82, 2.24) is 10.1 Å². The van der Waals surface area contributed by atoms with Crippen molar-refractivity contribution in [3.05, 3.63) is 28.0 Å². The van der Waals surface area contributed by atoms with Crippen molar-refractivity contribution in [2.45, 2.75) is 12.2 Å². The zero-order valence-corrected chi connectivity index (χ0v) is 12.9. The Labute approximate surface area is 125 Å². The van der Waals surface area contributed by atoms with Gasteiger partial charge in [0.1, 0.15) is 5.25 Å². The molecule has 0 amide bonds. The van der Waals surface area contributed by atoms with Gasteiger partial charge in [-0.15, -0.1) is 0 Å². The largest absolute Gasteiger partial charge is 0.397 e. The maximum atomic E-state index is 11.5. The van der Waals surface area contributed by atoms with Crippen molar-refractivity contribution in [1.29, 1.82) is 0 Å². The molecule has 0 bridgehead atoms. The van der Waals surface area contributed by atoms with Crippen LogP contribution in [0.5, 0.6) is 0 Å². The molecule has 0 saturated carbocycles. The molecule has 0 spiro atoms. The molecule has 9 heteroatoms. The molecule has 0 saturated heterocycles. The highest BCUT2D eigenvalue weighted by Gasteiger charge is 2.25. The zero-order valence-electron chi connectivity index (χ0n) is 10.6. The smallest absolute Gasteiger partial charge is 0.261 e. The second kappa shape index (κ2) is 5.23. The third kappa shape index (κ3) is 2.74. The molecule has 1 aromatic carbocycles. The Morgan fingerprint density at radius 2 is 1.90 bits per heavy atom. The number of aromatic nitrogens is 2. The van der Waals surface area contributed by atoms with E-state index in [9.17, 15) is 8.42 Å². The molecular formula is C11H11Cl2N3O3S. The van der Waals surface area contributed by atoms with Gasteiger partial charge in [0.15, 0.2) is 15.7 Å². The predicted octanol–water partition coefficient (Wildman–Crippen LogP) is 2.73. The number of sulfone groups is 1. The Morgan fingerprint density at radius 1 is 1.30 bits per heavy atom. The minimum atomic E-state index is -3.33. The maximum Gasteiger partial charge on any atom is 0.261 e. The molecule has 1 heterocycles. The average Bonchev–Trinajstić information content (AvgIpc) is 2.81. The predicted molar refractivity (Wildman–Crippen MR) is 77.4 cm³/mol. The van der Waals surface area contributed by atoms with Gasteiger partial charge in [0.05, 0.1) is 21.3 Å². The number of rotatable bonds is 3. The van der Waals surface area contributed by atoms with E-state index < -0.39 is 15.1 Å². The number of hydrogen-bond acceptors (Lipinski definition) is 6. The van der Waals surface area contributed by atoms with Crippen LogP contribution < -0.4 is 5.73 Å². The monoisotopic (exact) mass is 335 g/mol. The van der Waals surface area contributed by atoms with Crippen LogP contribution in [0.1, 0.15) is 18.0 Å². The average molecular weight is 336 g/mol. The topological polar surface area (TPSA) is 99.1 Å². The summed E-state index contributed by atoms with van der Waals surface area (Å²) < 4.78 is 28.0. The van der Waals surface area contributed by atoms with Gasteiger partial charge in [0, 0.05) is 6.26 Å². The molecule has 1 unspecified atom stereocenters. The lowest BCUT2D eigenvalue weighted by atomic mass is 10.2. The zero-order chi connectivity index (χ0) is 15.1. The lowest BCUT2D eigenvalue weighted by molar-refractivity contribution is 0.422. The second-order valence-corrected chi connectivity index (χ2v) is 7.43. The SMILES string of the molecule is CC(c1noc(-c2c(Cl)ccc(Cl)c2N)n1)S(C)(=O)=O. The van der Waals surface area contributed by atoms with Crippen molar-refractivity contribution >= 4 is 38.7 Å². The summed E-state index contributed by atoms with van der Waals surface area (Å²) in [4.78, 5) is 4.03. The molecule has 6 nitrogen and oxygen atoms in total. The molecular weight excluding hydrogens is 325 g/mol. The molecule has 0 radical (unpaired) electrons. The third-order valence-electron chi connectivity index (χ3n) is 2.80. The summed E-state index contributed by atoms with van der Waals surface area (Å²) in [5, 5.41) is 3.34. The normalized spacial score (nSPS) is 13.4. The Kier molecular flexibility index (Phi) is 3.95. The van der Waals surface area contributed by atoms with Gasteiger partial charge in [-0.05, 0) is 19.1 Å². The Morgan fingerprint density at radius 3 is 2.50 bits per heavy atom. The fourth-order valence-corrected chi connectivity index (χ4v) is 2.36. The van der Waals surface area contributed by atoms with Crippen molar-refractivity contribution in [2.75, 3.05) is 12.0 Å². The van der Waals surface area contributed by atoms with E-state index in [0.29, 0.717) is 10.6 Å². The van der Waals surface area contributed by atoms with Crippen LogP contribution in [0.2, 0.25) is 10.0 Å². The summed E-state index contributed by atoms with van der Waals surface area (Å²) in [7, 11) is -3.33. The summed E-state index contributed by atoms with van der Waals surface area (Å²) in [6.07, 6.45) is 1.09. The van der Waals surface area contributed by atoms with Crippen molar-refractivity contribution < 1.29 is 12.9 Å². The number of nitrogens with zero attached hydrogens (tertiary/aromatic N) is 2. The van der Waals surface area contributed by atoms with E-state index in [4.69, 9.17) is 33.5 Å². The van der Waals surface area contributed by atoms with Crippen LogP contribution in [-0.2, 0) is 9.84 Å². The quantitative estimate of drug-likeness (QED) is 0.865. The molecule has 2 N–H and O–H groups in total. The summed E-state index contributed by atoms with van der Waals surface area (Å²) in [6, 6.07) is 3.08. The molecule has 108 valence electrons. The number of anilines is 1. The Balaban J connectivity index is 2.52. The van der Waals surface area contributed by atoms with Crippen molar-refractivity contribution in [2.24, 2.45) is 0 Å². The minimum absolute atomic E-state index is 0.0282. The van der Waals surface area contributed by atoms with Crippen molar-refractivity contribution in [3.63, 3.8) is 0 Å². The van der Waals surface area contributed by atoms with Crippen LogP contribution in [0.4, 0.5) is 5.69 Å². The first-order chi connectivity index (χ1) is 9.21. The maximum absolute atomic E-state index is 11.5. The van der Waals surface area contributed by atoms with Gasteiger partial charge in [0.2, 0.25) is 0 Å². The lowest BCUT2D eigenvalue weighted by Gasteiger charge is -2.05. The summed E-state index contributed by atoms with van der Waals surface area (Å²) >= 11 is 11.9. The minimum Gasteiger partial charge on any atom is -0.397 e. The molecule has 1 atom stereocenters. The first kappa shape index (κ1) is 15.1. The van der Waals surface area contributed by atoms with Gasteiger partial charge in [-0.25, -0.2) is 8.42 Å². The highest BCUT2D eigenvalue weighted by molar-refractivity contribution is 7.90. The Hall–Kier alpha value is -1.31. The first-order valence-electron chi connectivity index (χ1n) is 5.48. The van der Waals surface area contributed by atoms with E-state index >= 15 is 0 Å². The van der Waals surface area contributed by atoms with Crippen molar-refractivity contribution in [3.8, 4) is 11.5 Å². The van der Waals surface area contributed by atoms with Gasteiger partial charge in [-0.1, -0.05) is 28.4 Å². The van der Waals surface area contributed by atoms with Crippen LogP contribution in [-0.4, -0.2) is 24.8 Å². The first-order valence-corrected chi connectivity index (χ1v) is 8.19. The summed E-state index contributed by atoms with van der Waals surface area (Å²) in [6.45, 7) is 1.47. The van der Waals surface area contributed by atoms with Crippen LogP contribution in [0.25, 0.3) is 11.5 Å². The molecule has 0 aliphatic carbocycles. The summed E-state index contributed by atoms with van der Waals surface area (Å²) in [5.74, 6) is 0.0680. The molecule has 0 aliphatic rings. The number of hydrogen-bond donors (Lipinski definition) is 1. The van der Waals surface area contributed by atoms with E-state index in [0.717, 1.165) is 6.26 Å². The molecule has 0 aliphatic heterocycles. The summed E-state index contributed by atoms with van der Waals surface area (Å²) in [5.41, 5.74) is 6.31. The van der Waals surface area contributed by atoms with Crippen LogP contribution in [0.3, 0.4) is 0 Å². The number of nitrogens with two attached hydrogens (primary N) is 1. The van der Waals surface area contributed by atoms with Gasteiger partial charge in [-0.2, -0.15) is 4.98 Å². The van der Waals surface area contributed by atoms with E-state index in [1.54, 1.807) is 12.1 Å². The highest BCUT2D eigenvalue weighted by atomic mass is 35.5. The molecule has 1 aromatic heterocycles. The standard InChI is InChI=1S/C11H11Cl2N3O3S/c1-5(20(2,17)18)10-15-11(19-16-10)8-6(12)3-4-7(13)9(8)14/h3-5H,14H2,1-2H3. The lowest BCUT2D eigenvalue weighted by Crippen LogP contribution is -2.09. The van der Waals surface area contributed by atoms with Crippen LogP contribution >= 0.6 is 23.2 Å². The van der Waals surface area contributed by atoms with E-state index in [-0.39, 0.29) is 22.4 Å². The molecule has 2 aromatic rings. The number of halogens is 2. The Bertz CT molecular complexity index is 758. The fourth-order valence-electron chi connectivity index (χ4n) is 1.48.